The highest BCUT2D eigenvalue weighted by Gasteiger charge is 2.22. The van der Waals surface area contributed by atoms with Gasteiger partial charge in [-0.25, -0.2) is 21.6 Å². The maximum atomic E-state index is 12.5. The molecule has 0 unspecified atom stereocenters. The molecule has 12 heteroatoms. The second-order valence-electron chi connectivity index (χ2n) is 5.57. The largest absolute Gasteiger partial charge is 0.495 e. The van der Waals surface area contributed by atoms with E-state index in [1.807, 2.05) is 0 Å². The number of piperazine rings is 1. The lowest BCUT2D eigenvalue weighted by Crippen LogP contribution is -2.46. The molecular formula is C14H25Cl2N3O5S2. The highest BCUT2D eigenvalue weighted by atomic mass is 35.5. The van der Waals surface area contributed by atoms with E-state index in [0.29, 0.717) is 6.54 Å². The first-order chi connectivity index (χ1) is 11.2. The van der Waals surface area contributed by atoms with E-state index in [1.54, 1.807) is 0 Å². The normalized spacial score (nSPS) is 15.6. The van der Waals surface area contributed by atoms with Crippen molar-refractivity contribution in [3.05, 3.63) is 18.2 Å². The van der Waals surface area contributed by atoms with Gasteiger partial charge in [0.05, 0.1) is 12.0 Å². The molecule has 0 bridgehead atoms. The van der Waals surface area contributed by atoms with E-state index in [0.717, 1.165) is 38.5 Å². The molecule has 152 valence electrons. The fourth-order valence-electron chi connectivity index (χ4n) is 2.45. The second kappa shape index (κ2) is 10.6. The number of halogens is 2. The van der Waals surface area contributed by atoms with Gasteiger partial charge in [0.2, 0.25) is 10.0 Å². The second-order valence-corrected chi connectivity index (χ2v) is 9.33. The highest BCUT2D eigenvalue weighted by molar-refractivity contribution is 7.91. The van der Waals surface area contributed by atoms with Crippen LogP contribution in [0.25, 0.3) is 0 Å². The number of benzene rings is 1. The number of sulfonamides is 1. The van der Waals surface area contributed by atoms with Crippen molar-refractivity contribution in [2.75, 3.05) is 52.6 Å². The summed E-state index contributed by atoms with van der Waals surface area (Å²) in [5, 5.41) is 3.23. The Bertz CT molecular complexity index is 782. The van der Waals surface area contributed by atoms with Crippen LogP contribution in [0.3, 0.4) is 0 Å². The number of ether oxygens (including phenoxy) is 1. The van der Waals surface area contributed by atoms with Crippen LogP contribution in [0, 0.1) is 0 Å². The fourth-order valence-corrected chi connectivity index (χ4v) is 4.38. The summed E-state index contributed by atoms with van der Waals surface area (Å²) in [5.41, 5.74) is 0. The lowest BCUT2D eigenvalue weighted by atomic mass is 10.3. The number of nitrogens with one attached hydrogen (secondary N) is 2. The minimum atomic E-state index is -3.87. The van der Waals surface area contributed by atoms with Crippen molar-refractivity contribution >= 4 is 44.7 Å². The van der Waals surface area contributed by atoms with Crippen molar-refractivity contribution in [3.63, 3.8) is 0 Å². The summed E-state index contributed by atoms with van der Waals surface area (Å²) >= 11 is 0. The topological polar surface area (TPSA) is 105 Å². The molecule has 1 aliphatic heterocycles. The van der Waals surface area contributed by atoms with E-state index in [1.165, 1.54) is 19.2 Å². The van der Waals surface area contributed by atoms with Gasteiger partial charge >= 0.3 is 0 Å². The zero-order valence-corrected chi connectivity index (χ0v) is 17.9. The molecule has 2 N–H and O–H groups in total. The minimum absolute atomic E-state index is 0. The van der Waals surface area contributed by atoms with Crippen LogP contribution in [0.5, 0.6) is 5.75 Å². The number of nitrogens with zero attached hydrogens (tertiary/aromatic N) is 1. The van der Waals surface area contributed by atoms with Gasteiger partial charge in [-0.05, 0) is 18.2 Å². The number of sulfone groups is 1. The van der Waals surface area contributed by atoms with Crippen molar-refractivity contribution in [2.45, 2.75) is 9.79 Å². The first kappa shape index (κ1) is 25.4. The Labute approximate surface area is 167 Å². The molecule has 0 atom stereocenters. The van der Waals surface area contributed by atoms with E-state index < -0.39 is 19.9 Å². The van der Waals surface area contributed by atoms with Crippen LogP contribution < -0.4 is 14.8 Å². The Morgan fingerprint density at radius 2 is 1.77 bits per heavy atom. The Hall–Kier alpha value is -0.620. The van der Waals surface area contributed by atoms with Gasteiger partial charge in [-0.2, -0.15) is 0 Å². The van der Waals surface area contributed by atoms with Crippen LogP contribution in [-0.4, -0.2) is 74.4 Å². The monoisotopic (exact) mass is 449 g/mol. The van der Waals surface area contributed by atoms with E-state index in [2.05, 4.69) is 14.9 Å². The van der Waals surface area contributed by atoms with E-state index >= 15 is 0 Å². The fraction of sp³-hybridized carbons (Fsp3) is 0.571. The lowest BCUT2D eigenvalue weighted by molar-refractivity contribution is 0.245. The van der Waals surface area contributed by atoms with E-state index in [-0.39, 0.29) is 46.9 Å². The first-order valence-electron chi connectivity index (χ1n) is 7.55. The van der Waals surface area contributed by atoms with E-state index in [9.17, 15) is 16.8 Å². The molecule has 1 aromatic rings. The van der Waals surface area contributed by atoms with Gasteiger partial charge in [0.1, 0.15) is 10.6 Å². The standard InChI is InChI=1S/C14H23N3O5S2.2ClH/c1-22-13-4-3-12(23(2,18)19)11-14(13)24(20,21)16-7-10-17-8-5-15-6-9-17;;/h3-4,11,15-16H,5-10H2,1-2H3;2*1H. The molecule has 0 amide bonds. The molecule has 8 nitrogen and oxygen atoms in total. The Morgan fingerprint density at radius 1 is 1.15 bits per heavy atom. The van der Waals surface area contributed by atoms with Gasteiger partial charge in [0, 0.05) is 45.5 Å². The van der Waals surface area contributed by atoms with Crippen molar-refractivity contribution in [2.24, 2.45) is 0 Å². The van der Waals surface area contributed by atoms with Gasteiger partial charge in [-0.1, -0.05) is 0 Å². The van der Waals surface area contributed by atoms with Crippen molar-refractivity contribution in [3.8, 4) is 5.75 Å². The average Bonchev–Trinajstić information content (AvgIpc) is 2.54. The van der Waals surface area contributed by atoms with Gasteiger partial charge in [-0.3, -0.25) is 4.90 Å². The molecular weight excluding hydrogens is 425 g/mol. The predicted molar refractivity (Wildman–Crippen MR) is 105 cm³/mol. The van der Waals surface area contributed by atoms with Gasteiger partial charge in [-0.15, -0.1) is 24.8 Å². The van der Waals surface area contributed by atoms with Crippen LogP contribution >= 0.6 is 24.8 Å². The third-order valence-electron chi connectivity index (χ3n) is 3.78. The molecule has 1 fully saturated rings. The van der Waals surface area contributed by atoms with Gasteiger partial charge in [0.15, 0.2) is 9.84 Å². The van der Waals surface area contributed by atoms with Crippen LogP contribution in [0.1, 0.15) is 0 Å². The number of rotatable bonds is 7. The van der Waals surface area contributed by atoms with Crippen LogP contribution in [0.2, 0.25) is 0 Å². The molecule has 0 aromatic heterocycles. The van der Waals surface area contributed by atoms with Crippen molar-refractivity contribution in [1.29, 1.82) is 0 Å². The van der Waals surface area contributed by atoms with Crippen molar-refractivity contribution < 1.29 is 21.6 Å². The molecule has 1 aliphatic rings. The summed E-state index contributed by atoms with van der Waals surface area (Å²) in [6.07, 6.45) is 1.03. The summed E-state index contributed by atoms with van der Waals surface area (Å²) in [4.78, 5) is 1.92. The number of hydrogen-bond donors (Lipinski definition) is 2. The first-order valence-corrected chi connectivity index (χ1v) is 10.9. The quantitative estimate of drug-likeness (QED) is 0.608. The van der Waals surface area contributed by atoms with Crippen LogP contribution in [0.15, 0.2) is 28.0 Å². The maximum Gasteiger partial charge on any atom is 0.244 e. The Kier molecular flexibility index (Phi) is 10.4. The zero-order valence-electron chi connectivity index (χ0n) is 14.6. The zero-order chi connectivity index (χ0) is 17.8. The smallest absolute Gasteiger partial charge is 0.244 e. The number of methoxy groups -OCH3 is 1. The molecule has 26 heavy (non-hydrogen) atoms. The molecule has 0 radical (unpaired) electrons. The van der Waals surface area contributed by atoms with Gasteiger partial charge in [0.25, 0.3) is 0 Å². The van der Waals surface area contributed by atoms with Crippen LogP contribution in [0.4, 0.5) is 0 Å². The molecule has 0 aliphatic carbocycles. The summed E-state index contributed by atoms with van der Waals surface area (Å²) in [5.74, 6) is 0.108. The molecule has 1 saturated heterocycles. The average molecular weight is 450 g/mol. The number of hydrogen-bond acceptors (Lipinski definition) is 7. The summed E-state index contributed by atoms with van der Waals surface area (Å²) < 4.78 is 55.9. The third kappa shape index (κ3) is 6.84. The molecule has 0 spiro atoms. The SMILES string of the molecule is COc1ccc(S(C)(=O)=O)cc1S(=O)(=O)NCCN1CCNCC1.Cl.Cl. The Morgan fingerprint density at radius 3 is 2.31 bits per heavy atom. The molecule has 1 heterocycles. The van der Waals surface area contributed by atoms with Gasteiger partial charge < -0.3 is 10.1 Å². The predicted octanol–water partition coefficient (Wildman–Crippen LogP) is 0.126. The molecule has 1 aromatic carbocycles. The minimum Gasteiger partial charge on any atom is -0.495 e. The van der Waals surface area contributed by atoms with E-state index in [4.69, 9.17) is 4.74 Å². The summed E-state index contributed by atoms with van der Waals surface area (Å²) in [6.45, 7) is 4.35. The maximum absolute atomic E-state index is 12.5. The molecule has 0 saturated carbocycles. The van der Waals surface area contributed by atoms with Crippen LogP contribution in [-0.2, 0) is 19.9 Å². The summed E-state index contributed by atoms with van der Waals surface area (Å²) in [6, 6.07) is 3.80. The lowest BCUT2D eigenvalue weighted by Gasteiger charge is -2.27. The highest BCUT2D eigenvalue weighted by Crippen LogP contribution is 2.26. The summed E-state index contributed by atoms with van der Waals surface area (Å²) in [7, 11) is -6.04. The van der Waals surface area contributed by atoms with Crippen molar-refractivity contribution in [1.82, 2.24) is 14.9 Å². The third-order valence-corrected chi connectivity index (χ3v) is 6.37. The molecule has 2 rings (SSSR count). The Balaban J connectivity index is 0.00000312.